The van der Waals surface area contributed by atoms with Gasteiger partial charge >= 0.3 is 6.09 Å². The molecule has 2 aliphatic rings. The van der Waals surface area contributed by atoms with Crippen LogP contribution < -0.4 is 4.74 Å². The van der Waals surface area contributed by atoms with Crippen molar-refractivity contribution in [2.45, 2.75) is 69.0 Å². The number of likely N-dealkylation sites (tertiary alicyclic amines) is 1. The van der Waals surface area contributed by atoms with E-state index in [2.05, 4.69) is 0 Å². The van der Waals surface area contributed by atoms with Crippen molar-refractivity contribution in [3.63, 3.8) is 0 Å². The average molecular weight is 521 g/mol. The van der Waals surface area contributed by atoms with Crippen molar-refractivity contribution in [3.05, 3.63) is 58.6 Å². The van der Waals surface area contributed by atoms with E-state index in [1.165, 1.54) is 0 Å². The number of aryl methyl sites for hydroxylation is 1. The van der Waals surface area contributed by atoms with Gasteiger partial charge in [0.15, 0.2) is 0 Å². The summed E-state index contributed by atoms with van der Waals surface area (Å²) in [7, 11) is -2.26. The molecule has 1 heterocycles. The Morgan fingerprint density at radius 2 is 1.83 bits per heavy atom. The summed E-state index contributed by atoms with van der Waals surface area (Å²) in [5.41, 5.74) is 1.45. The predicted molar refractivity (Wildman–Crippen MR) is 135 cm³/mol. The Bertz CT molecular complexity index is 1180. The second-order valence-electron chi connectivity index (χ2n) is 10.1. The van der Waals surface area contributed by atoms with Crippen molar-refractivity contribution >= 4 is 27.7 Å². The molecule has 35 heavy (non-hydrogen) atoms. The third kappa shape index (κ3) is 5.60. The van der Waals surface area contributed by atoms with E-state index in [0.29, 0.717) is 30.8 Å². The number of nitrogens with zero attached hydrogens (tertiary/aromatic N) is 2. The largest absolute Gasteiger partial charge is 0.497 e. The lowest BCUT2D eigenvalue weighted by Crippen LogP contribution is -2.53. The molecule has 0 saturated carbocycles. The molecule has 0 bridgehead atoms. The highest BCUT2D eigenvalue weighted by molar-refractivity contribution is 7.89. The standard InChI is InChI=1S/C26H33ClN2O5S/c1-26(2,3)34-25(30)28-15-5-6-20(17-28)29(35(31,32)22-11-8-19(27)9-12-22)24-14-7-18-16-21(33-4)10-13-23(18)24/h8-13,16,20,24H,5-7,14-15,17H2,1-4H3. The Morgan fingerprint density at radius 1 is 1.11 bits per heavy atom. The summed E-state index contributed by atoms with van der Waals surface area (Å²) in [6.45, 7) is 6.30. The van der Waals surface area contributed by atoms with E-state index in [-0.39, 0.29) is 23.5 Å². The highest BCUT2D eigenvalue weighted by Crippen LogP contribution is 2.42. The van der Waals surface area contributed by atoms with Gasteiger partial charge in [0.25, 0.3) is 0 Å². The van der Waals surface area contributed by atoms with Crippen LogP contribution in [-0.2, 0) is 21.2 Å². The average Bonchev–Trinajstić information content (AvgIpc) is 3.21. The van der Waals surface area contributed by atoms with Crippen LogP contribution in [0.5, 0.6) is 5.75 Å². The van der Waals surface area contributed by atoms with E-state index in [0.717, 1.165) is 23.3 Å². The van der Waals surface area contributed by atoms with Gasteiger partial charge in [-0.3, -0.25) is 0 Å². The first-order chi connectivity index (χ1) is 16.5. The Hall–Kier alpha value is -2.29. The summed E-state index contributed by atoms with van der Waals surface area (Å²) in [5.74, 6) is 0.755. The molecule has 7 nitrogen and oxygen atoms in total. The molecule has 0 N–H and O–H groups in total. The van der Waals surface area contributed by atoms with Gasteiger partial charge in [0, 0.05) is 24.2 Å². The zero-order valence-corrected chi connectivity index (χ0v) is 22.2. The van der Waals surface area contributed by atoms with Crippen LogP contribution in [0.15, 0.2) is 47.4 Å². The minimum Gasteiger partial charge on any atom is -0.497 e. The van der Waals surface area contributed by atoms with E-state index in [1.54, 1.807) is 40.6 Å². The van der Waals surface area contributed by atoms with Crippen LogP contribution in [0.1, 0.15) is 57.2 Å². The lowest BCUT2D eigenvalue weighted by molar-refractivity contribution is 0.0138. The number of ether oxygens (including phenoxy) is 2. The third-order valence-corrected chi connectivity index (χ3v) is 8.73. The maximum atomic E-state index is 14.1. The summed E-state index contributed by atoms with van der Waals surface area (Å²) in [6.07, 6.45) is 2.36. The fraction of sp³-hybridized carbons (Fsp3) is 0.500. The van der Waals surface area contributed by atoms with Crippen molar-refractivity contribution < 1.29 is 22.7 Å². The molecular formula is C26H33ClN2O5S. The zero-order valence-electron chi connectivity index (χ0n) is 20.7. The molecule has 2 atom stereocenters. The number of sulfonamides is 1. The highest BCUT2D eigenvalue weighted by Gasteiger charge is 2.43. The van der Waals surface area contributed by atoms with Gasteiger partial charge in [-0.05, 0) is 94.0 Å². The Balaban J connectivity index is 1.72. The van der Waals surface area contributed by atoms with Crippen LogP contribution in [0.25, 0.3) is 0 Å². The first-order valence-electron chi connectivity index (χ1n) is 11.9. The number of hydrogen-bond donors (Lipinski definition) is 0. The number of methoxy groups -OCH3 is 1. The Morgan fingerprint density at radius 3 is 2.49 bits per heavy atom. The molecule has 2 unspecified atom stereocenters. The predicted octanol–water partition coefficient (Wildman–Crippen LogP) is 5.43. The highest BCUT2D eigenvalue weighted by atomic mass is 35.5. The summed E-state index contributed by atoms with van der Waals surface area (Å²) in [5, 5.41) is 0.475. The number of carbonyl (C=O) groups excluding carboxylic acids is 1. The van der Waals surface area contributed by atoms with Crippen LogP contribution in [0.2, 0.25) is 5.02 Å². The van der Waals surface area contributed by atoms with Gasteiger partial charge < -0.3 is 14.4 Å². The minimum atomic E-state index is -3.88. The van der Waals surface area contributed by atoms with Crippen molar-refractivity contribution in [1.29, 1.82) is 0 Å². The molecule has 1 saturated heterocycles. The van der Waals surface area contributed by atoms with E-state index in [9.17, 15) is 13.2 Å². The fourth-order valence-corrected chi connectivity index (χ4v) is 6.93. The SMILES string of the molecule is COc1ccc2c(c1)CCC2N(C1CCCN(C(=O)OC(C)(C)C)C1)S(=O)(=O)c1ccc(Cl)cc1. The van der Waals surface area contributed by atoms with Gasteiger partial charge in [0.05, 0.1) is 18.0 Å². The van der Waals surface area contributed by atoms with Crippen LogP contribution in [-0.4, -0.2) is 55.6 Å². The number of piperidine rings is 1. The molecular weight excluding hydrogens is 488 g/mol. The van der Waals surface area contributed by atoms with Crippen LogP contribution >= 0.6 is 11.6 Å². The second kappa shape index (κ2) is 9.99. The van der Waals surface area contributed by atoms with Crippen molar-refractivity contribution in [2.24, 2.45) is 0 Å². The maximum absolute atomic E-state index is 14.1. The summed E-state index contributed by atoms with van der Waals surface area (Å²) in [4.78, 5) is 14.7. The number of carbonyl (C=O) groups is 1. The van der Waals surface area contributed by atoms with Gasteiger partial charge in [-0.15, -0.1) is 0 Å². The molecule has 190 valence electrons. The monoisotopic (exact) mass is 520 g/mol. The molecule has 0 spiro atoms. The Labute approximate surface area is 213 Å². The lowest BCUT2D eigenvalue weighted by atomic mass is 10.0. The number of halogens is 1. The normalized spacial score (nSPS) is 20.6. The number of rotatable bonds is 5. The first-order valence-corrected chi connectivity index (χ1v) is 13.8. The van der Waals surface area contributed by atoms with Gasteiger partial charge in [0.2, 0.25) is 10.0 Å². The molecule has 0 radical (unpaired) electrons. The molecule has 9 heteroatoms. The van der Waals surface area contributed by atoms with Crippen molar-refractivity contribution in [2.75, 3.05) is 20.2 Å². The Kier molecular flexibility index (Phi) is 7.36. The fourth-order valence-electron chi connectivity index (χ4n) is 4.96. The van der Waals surface area contributed by atoms with E-state index in [1.807, 2.05) is 39.0 Å². The minimum absolute atomic E-state index is 0.193. The number of hydrogen-bond acceptors (Lipinski definition) is 5. The van der Waals surface area contributed by atoms with Crippen LogP contribution in [0.3, 0.4) is 0 Å². The molecule has 2 aromatic rings. The quantitative estimate of drug-likeness (QED) is 0.525. The van der Waals surface area contributed by atoms with Gasteiger partial charge in [0.1, 0.15) is 11.4 Å². The summed E-state index contributed by atoms with van der Waals surface area (Å²) in [6, 6.07) is 11.4. The molecule has 2 aromatic carbocycles. The number of fused-ring (bicyclic) bond motifs is 1. The summed E-state index contributed by atoms with van der Waals surface area (Å²) >= 11 is 6.04. The molecule has 1 aliphatic carbocycles. The first kappa shape index (κ1) is 25.8. The zero-order chi connectivity index (χ0) is 25.4. The van der Waals surface area contributed by atoms with E-state index >= 15 is 0 Å². The number of benzene rings is 2. The molecule has 1 amide bonds. The maximum Gasteiger partial charge on any atom is 0.410 e. The third-order valence-electron chi connectivity index (χ3n) is 6.50. The molecule has 1 aliphatic heterocycles. The molecule has 4 rings (SSSR count). The number of amides is 1. The van der Waals surface area contributed by atoms with E-state index < -0.39 is 21.7 Å². The topological polar surface area (TPSA) is 76.2 Å². The second-order valence-corrected chi connectivity index (χ2v) is 12.4. The lowest BCUT2D eigenvalue weighted by Gasteiger charge is -2.41. The molecule has 0 aromatic heterocycles. The van der Waals surface area contributed by atoms with Gasteiger partial charge in [-0.1, -0.05) is 17.7 Å². The van der Waals surface area contributed by atoms with Gasteiger partial charge in [-0.25, -0.2) is 13.2 Å². The summed E-state index contributed by atoms with van der Waals surface area (Å²) < 4.78 is 40.8. The molecule has 1 fully saturated rings. The van der Waals surface area contributed by atoms with Crippen molar-refractivity contribution in [3.8, 4) is 5.75 Å². The van der Waals surface area contributed by atoms with Crippen molar-refractivity contribution in [1.82, 2.24) is 9.21 Å². The smallest absolute Gasteiger partial charge is 0.410 e. The van der Waals surface area contributed by atoms with Crippen LogP contribution in [0.4, 0.5) is 4.79 Å². The van der Waals surface area contributed by atoms with Crippen LogP contribution in [0, 0.1) is 0 Å². The van der Waals surface area contributed by atoms with Gasteiger partial charge in [-0.2, -0.15) is 4.31 Å². The van der Waals surface area contributed by atoms with E-state index in [4.69, 9.17) is 21.1 Å².